The smallest absolute Gasteiger partial charge is 0.305 e. The van der Waals surface area contributed by atoms with Gasteiger partial charge in [0.05, 0.1) is 13.2 Å². The predicted octanol–water partition coefficient (Wildman–Crippen LogP) is 15.7. The summed E-state index contributed by atoms with van der Waals surface area (Å²) in [5, 5.41) is 0. The molecular formula is C46H90O4. The Bertz CT molecular complexity index is 607. The Morgan fingerprint density at radius 1 is 0.260 bits per heavy atom. The van der Waals surface area contributed by atoms with E-state index in [0.29, 0.717) is 38.9 Å². The third-order valence-corrected chi connectivity index (χ3v) is 10.5. The fourth-order valence-electron chi connectivity index (χ4n) is 7.06. The first-order valence-electron chi connectivity index (χ1n) is 23.0. The first-order chi connectivity index (χ1) is 24.7. The van der Waals surface area contributed by atoms with E-state index >= 15 is 0 Å². The normalized spacial score (nSPS) is 11.3. The summed E-state index contributed by atoms with van der Waals surface area (Å²) in [4.78, 5) is 24.0. The summed E-state index contributed by atoms with van der Waals surface area (Å²) in [6.45, 7) is 5.66. The zero-order chi connectivity index (χ0) is 36.3. The van der Waals surface area contributed by atoms with Crippen molar-refractivity contribution < 1.29 is 19.1 Å². The second-order valence-electron chi connectivity index (χ2n) is 15.7. The van der Waals surface area contributed by atoms with Crippen LogP contribution >= 0.6 is 0 Å². The molecule has 0 aliphatic rings. The van der Waals surface area contributed by atoms with Crippen LogP contribution in [0.5, 0.6) is 0 Å². The van der Waals surface area contributed by atoms with Crippen LogP contribution in [0.2, 0.25) is 0 Å². The Labute approximate surface area is 314 Å². The Balaban J connectivity index is 3.24. The van der Waals surface area contributed by atoms with E-state index in [2.05, 4.69) is 13.8 Å². The van der Waals surface area contributed by atoms with Crippen molar-refractivity contribution in [3.8, 4) is 0 Å². The molecule has 0 N–H and O–H groups in total. The minimum absolute atomic E-state index is 0.121. The van der Waals surface area contributed by atoms with E-state index in [1.165, 1.54) is 205 Å². The lowest BCUT2D eigenvalue weighted by Gasteiger charge is -2.06. The fraction of sp³-hybridized carbons (Fsp3) is 0.957. The molecule has 50 heavy (non-hydrogen) atoms. The van der Waals surface area contributed by atoms with Crippen molar-refractivity contribution in [2.75, 3.05) is 13.2 Å². The van der Waals surface area contributed by atoms with E-state index in [0.717, 1.165) is 25.7 Å². The average molecular weight is 707 g/mol. The monoisotopic (exact) mass is 707 g/mol. The fourth-order valence-corrected chi connectivity index (χ4v) is 7.06. The molecule has 0 saturated heterocycles. The molecule has 0 bridgehead atoms. The summed E-state index contributed by atoms with van der Waals surface area (Å²) >= 11 is 0. The number of carbonyl (C=O) groups is 2. The summed E-state index contributed by atoms with van der Waals surface area (Å²) in [5.74, 6) is -0.242. The molecular weight excluding hydrogens is 617 g/mol. The third-order valence-electron chi connectivity index (χ3n) is 10.5. The average Bonchev–Trinajstić information content (AvgIpc) is 3.12. The summed E-state index contributed by atoms with van der Waals surface area (Å²) in [7, 11) is 0. The number of ether oxygens (including phenoxy) is 2. The highest BCUT2D eigenvalue weighted by Gasteiger charge is 2.06. The molecule has 0 saturated carbocycles. The number of esters is 2. The molecule has 4 nitrogen and oxygen atoms in total. The van der Waals surface area contributed by atoms with Crippen molar-refractivity contribution in [2.45, 2.75) is 271 Å². The van der Waals surface area contributed by atoms with E-state index in [1.807, 2.05) is 0 Å². The van der Waals surface area contributed by atoms with Gasteiger partial charge in [-0.1, -0.05) is 232 Å². The molecule has 0 aromatic carbocycles. The van der Waals surface area contributed by atoms with Crippen LogP contribution in [-0.4, -0.2) is 25.2 Å². The molecule has 0 atom stereocenters. The van der Waals surface area contributed by atoms with E-state index < -0.39 is 0 Å². The maximum Gasteiger partial charge on any atom is 0.305 e. The Kier molecular flexibility index (Phi) is 43.2. The second-order valence-corrected chi connectivity index (χ2v) is 15.7. The van der Waals surface area contributed by atoms with Gasteiger partial charge in [-0.15, -0.1) is 0 Å². The predicted molar refractivity (Wildman–Crippen MR) is 218 cm³/mol. The van der Waals surface area contributed by atoms with Crippen molar-refractivity contribution >= 4 is 11.9 Å². The molecule has 0 amide bonds. The number of unbranched alkanes of at least 4 members (excludes halogenated alkanes) is 35. The molecule has 0 unspecified atom stereocenters. The number of hydrogen-bond donors (Lipinski definition) is 0. The van der Waals surface area contributed by atoms with Crippen LogP contribution < -0.4 is 0 Å². The maximum atomic E-state index is 12.0. The number of hydrogen-bond acceptors (Lipinski definition) is 4. The highest BCUT2D eigenvalue weighted by atomic mass is 16.5. The Hall–Kier alpha value is -1.06. The maximum absolute atomic E-state index is 12.0. The van der Waals surface area contributed by atoms with Crippen LogP contribution in [0.3, 0.4) is 0 Å². The van der Waals surface area contributed by atoms with Gasteiger partial charge in [-0.05, 0) is 25.7 Å². The lowest BCUT2D eigenvalue weighted by atomic mass is 10.0. The van der Waals surface area contributed by atoms with Crippen LogP contribution in [0.4, 0.5) is 0 Å². The summed E-state index contributed by atoms with van der Waals surface area (Å²) in [6, 6.07) is 0. The molecule has 0 aliphatic heterocycles. The van der Waals surface area contributed by atoms with Crippen molar-refractivity contribution in [2.24, 2.45) is 0 Å². The summed E-state index contributed by atoms with van der Waals surface area (Å²) in [5.41, 5.74) is 0. The molecule has 0 fully saturated rings. The van der Waals surface area contributed by atoms with Crippen LogP contribution in [0, 0.1) is 0 Å². The summed E-state index contributed by atoms with van der Waals surface area (Å²) in [6.07, 6.45) is 51.1. The topological polar surface area (TPSA) is 52.6 Å². The second kappa shape index (κ2) is 44.1. The first-order valence-corrected chi connectivity index (χ1v) is 23.0. The molecule has 0 radical (unpaired) electrons. The van der Waals surface area contributed by atoms with Crippen LogP contribution in [0.1, 0.15) is 271 Å². The van der Waals surface area contributed by atoms with Crippen molar-refractivity contribution in [1.82, 2.24) is 0 Å². The van der Waals surface area contributed by atoms with E-state index in [9.17, 15) is 9.59 Å². The highest BCUT2D eigenvalue weighted by Crippen LogP contribution is 2.16. The lowest BCUT2D eigenvalue weighted by Crippen LogP contribution is -2.08. The van der Waals surface area contributed by atoms with E-state index in [-0.39, 0.29) is 11.9 Å². The minimum atomic E-state index is -0.121. The minimum Gasteiger partial charge on any atom is -0.466 e. The van der Waals surface area contributed by atoms with Crippen LogP contribution in [0.25, 0.3) is 0 Å². The molecule has 0 aliphatic carbocycles. The van der Waals surface area contributed by atoms with Gasteiger partial charge in [-0.3, -0.25) is 9.59 Å². The van der Waals surface area contributed by atoms with Gasteiger partial charge in [0, 0.05) is 12.8 Å². The number of carbonyl (C=O) groups excluding carboxylic acids is 2. The van der Waals surface area contributed by atoms with Crippen molar-refractivity contribution in [3.63, 3.8) is 0 Å². The van der Waals surface area contributed by atoms with Gasteiger partial charge < -0.3 is 9.47 Å². The van der Waals surface area contributed by atoms with Gasteiger partial charge >= 0.3 is 11.9 Å². The van der Waals surface area contributed by atoms with Gasteiger partial charge in [0.1, 0.15) is 0 Å². The quantitative estimate of drug-likeness (QED) is 0.0468. The molecule has 0 spiro atoms. The summed E-state index contributed by atoms with van der Waals surface area (Å²) < 4.78 is 10.8. The van der Waals surface area contributed by atoms with Gasteiger partial charge in [-0.2, -0.15) is 0 Å². The van der Waals surface area contributed by atoms with E-state index in [4.69, 9.17) is 9.47 Å². The highest BCUT2D eigenvalue weighted by molar-refractivity contribution is 5.70. The van der Waals surface area contributed by atoms with Gasteiger partial charge in [-0.25, -0.2) is 0 Å². The Morgan fingerprint density at radius 3 is 0.640 bits per heavy atom. The molecule has 0 aromatic rings. The molecule has 0 rings (SSSR count). The van der Waals surface area contributed by atoms with E-state index in [1.54, 1.807) is 0 Å². The zero-order valence-electron chi connectivity index (χ0n) is 34.3. The van der Waals surface area contributed by atoms with Crippen LogP contribution in [-0.2, 0) is 19.1 Å². The molecule has 0 heterocycles. The molecule has 4 heteroatoms. The van der Waals surface area contributed by atoms with Gasteiger partial charge in [0.15, 0.2) is 0 Å². The molecule has 298 valence electrons. The standard InChI is InChI=1S/C46H90O4/c1-3-5-7-9-11-13-15-17-19-21-23-25-27-29-31-33-35-39-43-49-45(47)41-37-38-42-46(48)50-44-40-36-34-32-30-28-26-24-22-20-18-16-14-12-10-8-6-4-2/h3-44H2,1-2H3. The largest absolute Gasteiger partial charge is 0.466 e. The van der Waals surface area contributed by atoms with Crippen LogP contribution in [0.15, 0.2) is 0 Å². The van der Waals surface area contributed by atoms with Crippen molar-refractivity contribution in [1.29, 1.82) is 0 Å². The van der Waals surface area contributed by atoms with Crippen molar-refractivity contribution in [3.05, 3.63) is 0 Å². The SMILES string of the molecule is CCCCCCCCCCCCCCCCCCCCOC(=O)CCCCC(=O)OCCCCCCCCCCCCCCCCCCCC. The van der Waals surface area contributed by atoms with Gasteiger partial charge in [0.2, 0.25) is 0 Å². The Morgan fingerprint density at radius 2 is 0.440 bits per heavy atom. The third kappa shape index (κ3) is 43.1. The van der Waals surface area contributed by atoms with Gasteiger partial charge in [0.25, 0.3) is 0 Å². The zero-order valence-corrected chi connectivity index (χ0v) is 34.3. The molecule has 0 aromatic heterocycles. The number of rotatable bonds is 43. The first kappa shape index (κ1) is 48.9. The lowest BCUT2D eigenvalue weighted by molar-refractivity contribution is -0.146.